The van der Waals surface area contributed by atoms with E-state index in [0.717, 1.165) is 23.1 Å². The van der Waals surface area contributed by atoms with Crippen molar-refractivity contribution in [3.8, 4) is 0 Å². The van der Waals surface area contributed by atoms with Crippen LogP contribution in [-0.4, -0.2) is 24.6 Å². The SMILES string of the molecule is CC(C)Cn1c(CO)nc2c(N)nc3cccnc3c21. The van der Waals surface area contributed by atoms with Gasteiger partial charge in [0.2, 0.25) is 0 Å². The van der Waals surface area contributed by atoms with Crippen molar-refractivity contribution in [1.29, 1.82) is 0 Å². The van der Waals surface area contributed by atoms with Gasteiger partial charge in [0.15, 0.2) is 5.82 Å². The number of rotatable bonds is 3. The van der Waals surface area contributed by atoms with Gasteiger partial charge in [0.05, 0.1) is 5.52 Å². The Morgan fingerprint density at radius 3 is 2.80 bits per heavy atom. The van der Waals surface area contributed by atoms with Gasteiger partial charge in [-0.3, -0.25) is 4.98 Å². The fourth-order valence-corrected chi connectivity index (χ4v) is 2.45. The van der Waals surface area contributed by atoms with Crippen LogP contribution >= 0.6 is 0 Å². The van der Waals surface area contributed by atoms with Gasteiger partial charge in [-0.15, -0.1) is 0 Å². The van der Waals surface area contributed by atoms with Crippen LogP contribution in [0.5, 0.6) is 0 Å². The summed E-state index contributed by atoms with van der Waals surface area (Å²) in [5.74, 6) is 1.39. The summed E-state index contributed by atoms with van der Waals surface area (Å²) in [6.07, 6.45) is 1.73. The number of aliphatic hydroxyl groups is 1. The molecule has 6 nitrogen and oxygen atoms in total. The quantitative estimate of drug-likeness (QED) is 0.757. The highest BCUT2D eigenvalue weighted by Crippen LogP contribution is 2.28. The Balaban J connectivity index is 2.44. The van der Waals surface area contributed by atoms with E-state index in [1.165, 1.54) is 0 Å². The Bertz CT molecular complexity index is 778. The van der Waals surface area contributed by atoms with Gasteiger partial charge in [0.25, 0.3) is 0 Å². The van der Waals surface area contributed by atoms with Gasteiger partial charge >= 0.3 is 0 Å². The molecule has 0 saturated carbocycles. The zero-order valence-electron chi connectivity index (χ0n) is 11.5. The smallest absolute Gasteiger partial charge is 0.152 e. The first kappa shape index (κ1) is 12.8. The lowest BCUT2D eigenvalue weighted by atomic mass is 10.2. The number of aliphatic hydroxyl groups excluding tert-OH is 1. The van der Waals surface area contributed by atoms with Crippen molar-refractivity contribution in [1.82, 2.24) is 19.5 Å². The van der Waals surface area contributed by atoms with E-state index in [1.807, 2.05) is 16.7 Å². The van der Waals surface area contributed by atoms with Crippen LogP contribution in [-0.2, 0) is 13.2 Å². The van der Waals surface area contributed by atoms with Crippen LogP contribution < -0.4 is 5.73 Å². The number of aromatic nitrogens is 4. The van der Waals surface area contributed by atoms with Crippen LogP contribution in [0.2, 0.25) is 0 Å². The first-order valence-electron chi connectivity index (χ1n) is 6.62. The molecule has 3 heterocycles. The molecule has 3 aromatic rings. The summed E-state index contributed by atoms with van der Waals surface area (Å²) < 4.78 is 1.99. The van der Waals surface area contributed by atoms with Crippen LogP contribution in [0.25, 0.3) is 22.1 Å². The fourth-order valence-electron chi connectivity index (χ4n) is 2.45. The predicted molar refractivity (Wildman–Crippen MR) is 78.0 cm³/mol. The minimum atomic E-state index is -0.130. The summed E-state index contributed by atoms with van der Waals surface area (Å²) >= 11 is 0. The monoisotopic (exact) mass is 271 g/mol. The molecule has 0 atom stereocenters. The second-order valence-electron chi connectivity index (χ2n) is 5.26. The number of nitrogen functional groups attached to an aromatic ring is 1. The lowest BCUT2D eigenvalue weighted by molar-refractivity contribution is 0.264. The number of fused-ring (bicyclic) bond motifs is 3. The van der Waals surface area contributed by atoms with Crippen LogP contribution in [0.4, 0.5) is 5.82 Å². The Hall–Kier alpha value is -2.21. The topological polar surface area (TPSA) is 89.8 Å². The van der Waals surface area contributed by atoms with E-state index < -0.39 is 0 Å². The third-order valence-corrected chi connectivity index (χ3v) is 3.23. The molecule has 0 saturated heterocycles. The predicted octanol–water partition coefficient (Wildman–Crippen LogP) is 1.71. The van der Waals surface area contributed by atoms with E-state index in [4.69, 9.17) is 5.73 Å². The maximum Gasteiger partial charge on any atom is 0.152 e. The molecule has 3 rings (SSSR count). The lowest BCUT2D eigenvalue weighted by Gasteiger charge is -2.11. The molecular weight excluding hydrogens is 254 g/mol. The number of anilines is 1. The molecule has 104 valence electrons. The van der Waals surface area contributed by atoms with Gasteiger partial charge < -0.3 is 15.4 Å². The molecule has 3 aromatic heterocycles. The minimum absolute atomic E-state index is 0.130. The summed E-state index contributed by atoms with van der Waals surface area (Å²) in [5, 5.41) is 9.53. The molecule has 3 N–H and O–H groups in total. The Morgan fingerprint density at radius 2 is 2.10 bits per heavy atom. The van der Waals surface area contributed by atoms with Crippen LogP contribution in [0.1, 0.15) is 19.7 Å². The first-order chi connectivity index (χ1) is 9.61. The van der Waals surface area contributed by atoms with Gasteiger partial charge in [0, 0.05) is 12.7 Å². The standard InChI is InChI=1S/C14H17N5O/c1-8(2)6-19-10(7-20)18-12-13(19)11-9(17-14(12)15)4-3-5-16-11/h3-5,8,20H,6-7H2,1-2H3,(H2,15,17). The number of nitrogens with zero attached hydrogens (tertiary/aromatic N) is 4. The average molecular weight is 271 g/mol. The maximum absolute atomic E-state index is 9.53. The van der Waals surface area contributed by atoms with Crippen LogP contribution in [0.15, 0.2) is 18.3 Å². The van der Waals surface area contributed by atoms with Crippen molar-refractivity contribution in [2.75, 3.05) is 5.73 Å². The molecule has 0 amide bonds. The molecular formula is C14H17N5O. The second kappa shape index (κ2) is 4.72. The molecule has 0 aromatic carbocycles. The average Bonchev–Trinajstić information content (AvgIpc) is 2.78. The van der Waals surface area contributed by atoms with Gasteiger partial charge in [-0.1, -0.05) is 13.8 Å². The van der Waals surface area contributed by atoms with Gasteiger partial charge in [-0.25, -0.2) is 9.97 Å². The zero-order valence-corrected chi connectivity index (χ0v) is 11.5. The second-order valence-corrected chi connectivity index (χ2v) is 5.26. The molecule has 0 aliphatic heterocycles. The summed E-state index contributed by atoms with van der Waals surface area (Å²) in [4.78, 5) is 13.2. The number of pyridine rings is 2. The Morgan fingerprint density at radius 1 is 1.30 bits per heavy atom. The molecule has 0 aliphatic carbocycles. The Labute approximate surface area is 116 Å². The Kier molecular flexibility index (Phi) is 3.02. The maximum atomic E-state index is 9.53. The third-order valence-electron chi connectivity index (χ3n) is 3.23. The number of hydrogen-bond acceptors (Lipinski definition) is 5. The largest absolute Gasteiger partial charge is 0.388 e. The third kappa shape index (κ3) is 1.89. The van der Waals surface area contributed by atoms with E-state index in [9.17, 15) is 5.11 Å². The van der Waals surface area contributed by atoms with Crippen LogP contribution in [0.3, 0.4) is 0 Å². The highest BCUT2D eigenvalue weighted by Gasteiger charge is 2.17. The molecule has 0 aliphatic rings. The highest BCUT2D eigenvalue weighted by molar-refractivity contribution is 6.04. The van der Waals surface area contributed by atoms with Crippen molar-refractivity contribution >= 4 is 27.9 Å². The normalized spacial score (nSPS) is 11.8. The van der Waals surface area contributed by atoms with Crippen molar-refractivity contribution in [2.45, 2.75) is 27.0 Å². The summed E-state index contributed by atoms with van der Waals surface area (Å²) in [6.45, 7) is 4.86. The zero-order chi connectivity index (χ0) is 14.3. The molecule has 20 heavy (non-hydrogen) atoms. The molecule has 0 unspecified atom stereocenters. The van der Waals surface area contributed by atoms with Crippen molar-refractivity contribution in [3.05, 3.63) is 24.2 Å². The number of hydrogen-bond donors (Lipinski definition) is 2. The van der Waals surface area contributed by atoms with Crippen molar-refractivity contribution in [2.24, 2.45) is 5.92 Å². The summed E-state index contributed by atoms with van der Waals surface area (Å²) in [6, 6.07) is 3.71. The lowest BCUT2D eigenvalue weighted by Crippen LogP contribution is -2.09. The first-order valence-corrected chi connectivity index (χ1v) is 6.62. The van der Waals surface area contributed by atoms with Gasteiger partial charge in [-0.2, -0.15) is 0 Å². The number of nitrogens with two attached hydrogens (primary N) is 1. The van der Waals surface area contributed by atoms with Crippen LogP contribution in [0, 0.1) is 5.92 Å². The summed E-state index contributed by atoms with van der Waals surface area (Å²) in [5.41, 5.74) is 8.97. The van der Waals surface area contributed by atoms with E-state index in [2.05, 4.69) is 28.8 Å². The molecule has 0 bridgehead atoms. The molecule has 0 fully saturated rings. The van der Waals surface area contributed by atoms with E-state index in [-0.39, 0.29) is 6.61 Å². The summed E-state index contributed by atoms with van der Waals surface area (Å²) in [7, 11) is 0. The minimum Gasteiger partial charge on any atom is -0.388 e. The molecule has 0 spiro atoms. The van der Waals surface area contributed by atoms with E-state index in [0.29, 0.717) is 23.1 Å². The van der Waals surface area contributed by atoms with Gasteiger partial charge in [-0.05, 0) is 18.1 Å². The van der Waals surface area contributed by atoms with E-state index >= 15 is 0 Å². The fraction of sp³-hybridized carbons (Fsp3) is 0.357. The highest BCUT2D eigenvalue weighted by atomic mass is 16.3. The van der Waals surface area contributed by atoms with E-state index in [1.54, 1.807) is 6.20 Å². The van der Waals surface area contributed by atoms with Gasteiger partial charge in [0.1, 0.15) is 29.0 Å². The molecule has 6 heteroatoms. The number of imidazole rings is 1. The van der Waals surface area contributed by atoms with Crippen molar-refractivity contribution < 1.29 is 5.11 Å². The molecule has 0 radical (unpaired) electrons. The van der Waals surface area contributed by atoms with Crippen molar-refractivity contribution in [3.63, 3.8) is 0 Å².